The minimum atomic E-state index is -0.763. The Hall–Kier alpha value is -1.36. The Morgan fingerprint density at radius 2 is 0.698 bits per heavy atom. The largest absolute Gasteiger partial charge is 0.462 e. The van der Waals surface area contributed by atoms with Gasteiger partial charge in [-0.3, -0.25) is 9.59 Å². The topological polar surface area (TPSA) is 72.8 Å². The molecule has 1 atom stereocenters. The van der Waals surface area contributed by atoms with E-state index >= 15 is 0 Å². The van der Waals surface area contributed by atoms with Gasteiger partial charge in [0.2, 0.25) is 0 Å². The van der Waals surface area contributed by atoms with Crippen molar-refractivity contribution in [1.29, 1.82) is 0 Å². The molecule has 0 aliphatic heterocycles. The number of allylic oxidation sites excluding steroid dienone is 2. The highest BCUT2D eigenvalue weighted by atomic mass is 16.6. The van der Waals surface area contributed by atoms with Crippen LogP contribution in [0.5, 0.6) is 0 Å². The van der Waals surface area contributed by atoms with Gasteiger partial charge in [0.25, 0.3) is 0 Å². The van der Waals surface area contributed by atoms with Crippen LogP contribution < -0.4 is 0 Å². The van der Waals surface area contributed by atoms with E-state index in [1.807, 2.05) is 0 Å². The van der Waals surface area contributed by atoms with Crippen molar-refractivity contribution < 1.29 is 24.2 Å². The van der Waals surface area contributed by atoms with E-state index in [2.05, 4.69) is 26.0 Å². The lowest BCUT2D eigenvalue weighted by Gasteiger charge is -2.15. The van der Waals surface area contributed by atoms with Crippen molar-refractivity contribution in [2.75, 3.05) is 13.2 Å². The molecule has 0 saturated heterocycles. The van der Waals surface area contributed by atoms with E-state index in [4.69, 9.17) is 9.47 Å². The summed E-state index contributed by atoms with van der Waals surface area (Å²) < 4.78 is 10.6. The predicted molar refractivity (Wildman–Crippen MR) is 228 cm³/mol. The van der Waals surface area contributed by atoms with Gasteiger partial charge in [-0.25, -0.2) is 0 Å². The fourth-order valence-corrected chi connectivity index (χ4v) is 7.20. The van der Waals surface area contributed by atoms with Gasteiger partial charge in [0.05, 0.1) is 6.61 Å². The number of hydrogen-bond donors (Lipinski definition) is 1. The van der Waals surface area contributed by atoms with Gasteiger partial charge in [-0.1, -0.05) is 225 Å². The fourth-order valence-electron chi connectivity index (χ4n) is 7.20. The van der Waals surface area contributed by atoms with Gasteiger partial charge < -0.3 is 14.6 Å². The lowest BCUT2D eigenvalue weighted by atomic mass is 10.0. The molecule has 5 heteroatoms. The number of aliphatic hydroxyl groups excluding tert-OH is 1. The van der Waals surface area contributed by atoms with E-state index in [0.717, 1.165) is 38.5 Å². The van der Waals surface area contributed by atoms with Gasteiger partial charge in [0, 0.05) is 12.8 Å². The van der Waals surface area contributed by atoms with Crippen molar-refractivity contribution in [3.8, 4) is 0 Å². The van der Waals surface area contributed by atoms with Crippen LogP contribution in [-0.4, -0.2) is 36.4 Å². The average molecular weight is 749 g/mol. The van der Waals surface area contributed by atoms with E-state index in [1.54, 1.807) is 0 Å². The second-order valence-corrected chi connectivity index (χ2v) is 16.2. The first-order valence-electron chi connectivity index (χ1n) is 23.7. The Bertz CT molecular complexity index is 765. The van der Waals surface area contributed by atoms with Crippen LogP contribution in [-0.2, 0) is 19.1 Å². The number of carbonyl (C=O) groups is 2. The molecule has 53 heavy (non-hydrogen) atoms. The Kier molecular flexibility index (Phi) is 43.9. The molecule has 0 aromatic heterocycles. The average Bonchev–Trinajstić information content (AvgIpc) is 3.16. The van der Waals surface area contributed by atoms with Gasteiger partial charge >= 0.3 is 11.9 Å². The zero-order valence-corrected chi connectivity index (χ0v) is 35.8. The second kappa shape index (κ2) is 45.0. The van der Waals surface area contributed by atoms with Crippen LogP contribution in [0.4, 0.5) is 0 Å². The van der Waals surface area contributed by atoms with Crippen LogP contribution in [0.1, 0.15) is 264 Å². The molecular weight excluding hydrogens is 657 g/mol. The van der Waals surface area contributed by atoms with Crippen molar-refractivity contribution in [3.05, 3.63) is 12.2 Å². The SMILES string of the molecule is CCCCCCCCCC/C=C\CCCCCCCCCCCCCCCCCCCC(=O)OC(CO)COC(=O)CCCCCCCCCCCC. The smallest absolute Gasteiger partial charge is 0.306 e. The summed E-state index contributed by atoms with van der Waals surface area (Å²) in [5.74, 6) is -0.578. The third kappa shape index (κ3) is 43.2. The van der Waals surface area contributed by atoms with Gasteiger partial charge in [-0.05, 0) is 38.5 Å². The minimum absolute atomic E-state index is 0.0588. The maximum absolute atomic E-state index is 12.2. The van der Waals surface area contributed by atoms with Crippen molar-refractivity contribution in [2.24, 2.45) is 0 Å². The number of unbranched alkanes of at least 4 members (excludes halogenated alkanes) is 34. The Morgan fingerprint density at radius 1 is 0.415 bits per heavy atom. The molecule has 0 aromatic rings. The zero-order chi connectivity index (χ0) is 38.6. The third-order valence-corrected chi connectivity index (χ3v) is 10.8. The first-order chi connectivity index (χ1) is 26.1. The summed E-state index contributed by atoms with van der Waals surface area (Å²) in [6.07, 6.45) is 53.2. The molecule has 0 spiro atoms. The molecule has 0 fully saturated rings. The lowest BCUT2D eigenvalue weighted by Crippen LogP contribution is -2.28. The molecule has 1 unspecified atom stereocenters. The minimum Gasteiger partial charge on any atom is -0.462 e. The monoisotopic (exact) mass is 749 g/mol. The molecule has 1 N–H and O–H groups in total. The van der Waals surface area contributed by atoms with Crippen LogP contribution in [0.25, 0.3) is 0 Å². The van der Waals surface area contributed by atoms with Crippen LogP contribution in [0.2, 0.25) is 0 Å². The van der Waals surface area contributed by atoms with Gasteiger partial charge in [-0.2, -0.15) is 0 Å². The van der Waals surface area contributed by atoms with Crippen molar-refractivity contribution in [1.82, 2.24) is 0 Å². The number of aliphatic hydroxyl groups is 1. The van der Waals surface area contributed by atoms with Gasteiger partial charge in [0.15, 0.2) is 6.10 Å². The van der Waals surface area contributed by atoms with Crippen LogP contribution in [0.15, 0.2) is 12.2 Å². The Labute approximate surface area is 331 Å². The normalized spacial score (nSPS) is 12.1. The van der Waals surface area contributed by atoms with Crippen LogP contribution >= 0.6 is 0 Å². The lowest BCUT2D eigenvalue weighted by molar-refractivity contribution is -0.161. The van der Waals surface area contributed by atoms with Crippen LogP contribution in [0, 0.1) is 0 Å². The van der Waals surface area contributed by atoms with E-state index in [0.29, 0.717) is 12.8 Å². The number of carbonyl (C=O) groups excluding carboxylic acids is 2. The molecule has 314 valence electrons. The fraction of sp³-hybridized carbons (Fsp3) is 0.917. The second-order valence-electron chi connectivity index (χ2n) is 16.2. The van der Waals surface area contributed by atoms with Crippen molar-refractivity contribution in [2.45, 2.75) is 270 Å². The molecular formula is C48H92O5. The highest BCUT2D eigenvalue weighted by Crippen LogP contribution is 2.16. The van der Waals surface area contributed by atoms with Gasteiger partial charge in [-0.15, -0.1) is 0 Å². The number of ether oxygens (including phenoxy) is 2. The summed E-state index contributed by atoms with van der Waals surface area (Å²) in [5, 5.41) is 9.56. The molecule has 0 rings (SSSR count). The molecule has 0 radical (unpaired) electrons. The molecule has 0 amide bonds. The summed E-state index contributed by atoms with van der Waals surface area (Å²) in [5.41, 5.74) is 0. The van der Waals surface area contributed by atoms with E-state index in [9.17, 15) is 14.7 Å². The third-order valence-electron chi connectivity index (χ3n) is 10.8. The molecule has 0 heterocycles. The maximum atomic E-state index is 12.2. The highest BCUT2D eigenvalue weighted by molar-refractivity contribution is 5.70. The molecule has 0 aromatic carbocycles. The summed E-state index contributed by atoms with van der Waals surface area (Å²) in [4.78, 5) is 24.3. The van der Waals surface area contributed by atoms with E-state index in [-0.39, 0.29) is 25.2 Å². The van der Waals surface area contributed by atoms with Crippen LogP contribution in [0.3, 0.4) is 0 Å². The number of rotatable bonds is 44. The number of esters is 2. The van der Waals surface area contributed by atoms with Crippen molar-refractivity contribution in [3.63, 3.8) is 0 Å². The Balaban J connectivity index is 3.39. The summed E-state index contributed by atoms with van der Waals surface area (Å²) in [6.45, 7) is 4.15. The highest BCUT2D eigenvalue weighted by Gasteiger charge is 2.16. The molecule has 5 nitrogen and oxygen atoms in total. The molecule has 0 bridgehead atoms. The standard InChI is InChI=1S/C48H92O5/c1-3-5-7-9-11-13-15-16-17-18-19-20-21-22-23-24-25-26-27-28-29-30-31-32-33-35-37-39-41-43-48(51)53-46(44-49)45-52-47(50)42-40-38-36-34-14-12-10-8-6-4-2/h18-19,46,49H,3-17,20-45H2,1-2H3/b19-18-. The molecule has 0 aliphatic rings. The van der Waals surface area contributed by atoms with E-state index < -0.39 is 6.10 Å². The van der Waals surface area contributed by atoms with Gasteiger partial charge in [0.1, 0.15) is 6.61 Å². The maximum Gasteiger partial charge on any atom is 0.306 e. The molecule has 0 saturated carbocycles. The summed E-state index contributed by atoms with van der Waals surface area (Å²) in [7, 11) is 0. The first kappa shape index (κ1) is 51.6. The number of hydrogen-bond acceptors (Lipinski definition) is 5. The first-order valence-corrected chi connectivity index (χ1v) is 23.7. The summed E-state index contributed by atoms with van der Waals surface area (Å²) >= 11 is 0. The zero-order valence-electron chi connectivity index (χ0n) is 35.8. The molecule has 0 aliphatic carbocycles. The van der Waals surface area contributed by atoms with E-state index in [1.165, 1.54) is 199 Å². The quantitative estimate of drug-likeness (QED) is 0.0381. The Morgan fingerprint density at radius 3 is 1.02 bits per heavy atom. The predicted octanol–water partition coefficient (Wildman–Crippen LogP) is 15.2. The van der Waals surface area contributed by atoms with Crippen molar-refractivity contribution >= 4 is 11.9 Å². The summed E-state index contributed by atoms with van der Waals surface area (Å²) in [6, 6.07) is 0.